The monoisotopic (exact) mass is 293 g/mol. The Bertz CT molecular complexity index is 478. The lowest BCUT2D eigenvalue weighted by atomic mass is 10.3. The molecule has 0 bridgehead atoms. The van der Waals surface area contributed by atoms with Crippen LogP contribution in [0.2, 0.25) is 0 Å². The highest BCUT2D eigenvalue weighted by Gasteiger charge is 2.30. The zero-order valence-corrected chi connectivity index (χ0v) is 11.1. The number of carbonyl (C=O) groups is 1. The predicted octanol–water partition coefficient (Wildman–Crippen LogP) is 2.27. The second-order valence-electron chi connectivity index (χ2n) is 3.93. The van der Waals surface area contributed by atoms with E-state index in [9.17, 15) is 18.0 Å². The molecule has 0 saturated heterocycles. The second-order valence-corrected chi connectivity index (χ2v) is 3.93. The van der Waals surface area contributed by atoms with E-state index in [0.717, 1.165) is 0 Å². The van der Waals surface area contributed by atoms with Gasteiger partial charge in [-0.15, -0.1) is 0 Å². The zero-order valence-electron chi connectivity index (χ0n) is 11.1. The van der Waals surface area contributed by atoms with E-state index in [1.165, 1.54) is 13.3 Å². The number of halogens is 3. The van der Waals surface area contributed by atoms with Gasteiger partial charge in [0.2, 0.25) is 5.88 Å². The van der Waals surface area contributed by atoms with E-state index >= 15 is 0 Å². The Morgan fingerprint density at radius 2 is 2.10 bits per heavy atom. The lowest BCUT2D eigenvalue weighted by molar-refractivity contribution is -0.159. The maximum atomic E-state index is 12.0. The van der Waals surface area contributed by atoms with Crippen molar-refractivity contribution in [3.63, 3.8) is 0 Å². The highest BCUT2D eigenvalue weighted by atomic mass is 19.4. The zero-order chi connectivity index (χ0) is 15.3. The second kappa shape index (κ2) is 6.31. The lowest BCUT2D eigenvalue weighted by Gasteiger charge is -2.19. The minimum Gasteiger partial charge on any atom is -0.479 e. The van der Waals surface area contributed by atoms with Crippen molar-refractivity contribution < 1.29 is 27.4 Å². The first-order chi connectivity index (χ1) is 9.24. The Balaban J connectivity index is 2.87. The molecule has 1 aromatic rings. The molecule has 1 rings (SSSR count). The number of alkyl halides is 3. The van der Waals surface area contributed by atoms with Gasteiger partial charge in [-0.3, -0.25) is 5.32 Å². The topological polar surface area (TPSA) is 63.7 Å². The van der Waals surface area contributed by atoms with Gasteiger partial charge in [-0.25, -0.2) is 9.78 Å². The fourth-order valence-corrected chi connectivity index (χ4v) is 1.36. The standard InChI is InChI=1S/C11H14F3N3O3/c1-17(2)7-4-5-15-9(19-3)8(7)16-10(18)20-6-11(12,13)14/h4-5H,6H2,1-3H3,(H,16,18). The Morgan fingerprint density at radius 1 is 1.45 bits per heavy atom. The maximum Gasteiger partial charge on any atom is 0.422 e. The van der Waals surface area contributed by atoms with Crippen LogP contribution in [0.1, 0.15) is 0 Å². The summed E-state index contributed by atoms with van der Waals surface area (Å²) in [4.78, 5) is 16.9. The van der Waals surface area contributed by atoms with Gasteiger partial charge in [0, 0.05) is 20.3 Å². The number of hydrogen-bond donors (Lipinski definition) is 1. The van der Waals surface area contributed by atoms with Gasteiger partial charge in [0.15, 0.2) is 6.61 Å². The highest BCUT2D eigenvalue weighted by molar-refractivity contribution is 5.91. The fourth-order valence-electron chi connectivity index (χ4n) is 1.36. The Hall–Kier alpha value is -2.19. The molecule has 1 heterocycles. The SMILES string of the molecule is COc1nccc(N(C)C)c1NC(=O)OCC(F)(F)F. The Labute approximate surface area is 113 Å². The van der Waals surface area contributed by atoms with Gasteiger partial charge in [-0.05, 0) is 6.07 Å². The van der Waals surface area contributed by atoms with Crippen LogP contribution in [0.25, 0.3) is 0 Å². The molecule has 0 radical (unpaired) electrons. The molecule has 6 nitrogen and oxygen atoms in total. The highest BCUT2D eigenvalue weighted by Crippen LogP contribution is 2.32. The first-order valence-electron chi connectivity index (χ1n) is 5.45. The van der Waals surface area contributed by atoms with Crippen LogP contribution in [0, 0.1) is 0 Å². The third-order valence-electron chi connectivity index (χ3n) is 2.16. The molecule has 0 aliphatic carbocycles. The normalized spacial score (nSPS) is 10.9. The van der Waals surface area contributed by atoms with Crippen molar-refractivity contribution in [3.8, 4) is 5.88 Å². The number of carbonyl (C=O) groups excluding carboxylic acids is 1. The smallest absolute Gasteiger partial charge is 0.422 e. The molecule has 0 spiro atoms. The number of rotatable bonds is 4. The predicted molar refractivity (Wildman–Crippen MR) is 66.1 cm³/mol. The number of aromatic nitrogens is 1. The first-order valence-corrected chi connectivity index (χ1v) is 5.45. The molecular formula is C11H14F3N3O3. The van der Waals surface area contributed by atoms with Crippen LogP contribution in [0.3, 0.4) is 0 Å². The summed E-state index contributed by atoms with van der Waals surface area (Å²) in [5.74, 6) is 0.0696. The van der Waals surface area contributed by atoms with Crippen molar-refractivity contribution in [2.75, 3.05) is 38.0 Å². The molecule has 0 unspecified atom stereocenters. The maximum absolute atomic E-state index is 12.0. The fraction of sp³-hybridized carbons (Fsp3) is 0.455. The minimum atomic E-state index is -4.58. The summed E-state index contributed by atoms with van der Waals surface area (Å²) in [5, 5.41) is 2.19. The summed E-state index contributed by atoms with van der Waals surface area (Å²) < 4.78 is 44.9. The third-order valence-corrected chi connectivity index (χ3v) is 2.16. The molecule has 1 amide bonds. The van der Waals surface area contributed by atoms with Gasteiger partial charge in [0.05, 0.1) is 12.8 Å². The Kier molecular flexibility index (Phi) is 5.00. The number of nitrogens with zero attached hydrogens (tertiary/aromatic N) is 2. The molecule has 1 aromatic heterocycles. The average Bonchev–Trinajstić information content (AvgIpc) is 2.35. The summed E-state index contributed by atoms with van der Waals surface area (Å²) in [6, 6.07) is 1.57. The molecule has 1 N–H and O–H groups in total. The summed E-state index contributed by atoms with van der Waals surface area (Å²) in [6.07, 6.45) is -4.38. The number of hydrogen-bond acceptors (Lipinski definition) is 5. The van der Waals surface area contributed by atoms with Crippen LogP contribution < -0.4 is 15.0 Å². The van der Waals surface area contributed by atoms with Crippen molar-refractivity contribution in [2.45, 2.75) is 6.18 Å². The number of amides is 1. The molecular weight excluding hydrogens is 279 g/mol. The van der Waals surface area contributed by atoms with Gasteiger partial charge in [0.25, 0.3) is 0 Å². The van der Waals surface area contributed by atoms with E-state index in [-0.39, 0.29) is 11.6 Å². The number of methoxy groups -OCH3 is 1. The van der Waals surface area contributed by atoms with E-state index in [1.54, 1.807) is 25.1 Å². The van der Waals surface area contributed by atoms with Crippen molar-refractivity contribution in [3.05, 3.63) is 12.3 Å². The summed E-state index contributed by atoms with van der Waals surface area (Å²) in [5.41, 5.74) is 0.646. The van der Waals surface area contributed by atoms with E-state index in [1.807, 2.05) is 0 Å². The molecule has 0 aliphatic heterocycles. The van der Waals surface area contributed by atoms with Crippen LogP contribution >= 0.6 is 0 Å². The van der Waals surface area contributed by atoms with Gasteiger partial charge >= 0.3 is 12.3 Å². The van der Waals surface area contributed by atoms with E-state index in [0.29, 0.717) is 5.69 Å². The summed E-state index contributed by atoms with van der Waals surface area (Å²) in [7, 11) is 4.72. The van der Waals surface area contributed by atoms with Crippen LogP contribution in [-0.4, -0.2) is 45.1 Å². The van der Waals surface area contributed by atoms with Gasteiger partial charge in [0.1, 0.15) is 5.69 Å². The molecule has 20 heavy (non-hydrogen) atoms. The average molecular weight is 293 g/mol. The molecule has 9 heteroatoms. The summed E-state index contributed by atoms with van der Waals surface area (Å²) >= 11 is 0. The molecule has 0 aromatic carbocycles. The molecule has 0 fully saturated rings. The molecule has 0 atom stereocenters. The number of ether oxygens (including phenoxy) is 2. The molecule has 112 valence electrons. The third kappa shape index (κ3) is 4.48. The number of pyridine rings is 1. The first kappa shape index (κ1) is 15.9. The quantitative estimate of drug-likeness (QED) is 0.922. The number of nitrogens with one attached hydrogen (secondary N) is 1. The van der Waals surface area contributed by atoms with Gasteiger partial charge in [-0.1, -0.05) is 0 Å². The van der Waals surface area contributed by atoms with E-state index in [4.69, 9.17) is 4.74 Å². The van der Waals surface area contributed by atoms with E-state index < -0.39 is 18.9 Å². The van der Waals surface area contributed by atoms with Crippen LogP contribution in [0.4, 0.5) is 29.3 Å². The van der Waals surface area contributed by atoms with Gasteiger partial charge in [-0.2, -0.15) is 13.2 Å². The van der Waals surface area contributed by atoms with Crippen LogP contribution in [0.15, 0.2) is 12.3 Å². The minimum absolute atomic E-state index is 0.0696. The van der Waals surface area contributed by atoms with Crippen molar-refractivity contribution >= 4 is 17.5 Å². The largest absolute Gasteiger partial charge is 0.479 e. The van der Waals surface area contributed by atoms with Crippen molar-refractivity contribution in [1.82, 2.24) is 4.98 Å². The van der Waals surface area contributed by atoms with Crippen molar-refractivity contribution in [2.24, 2.45) is 0 Å². The van der Waals surface area contributed by atoms with Crippen molar-refractivity contribution in [1.29, 1.82) is 0 Å². The Morgan fingerprint density at radius 3 is 2.60 bits per heavy atom. The molecule has 0 saturated carbocycles. The van der Waals surface area contributed by atoms with E-state index in [2.05, 4.69) is 15.0 Å². The van der Waals surface area contributed by atoms with Crippen LogP contribution in [-0.2, 0) is 4.74 Å². The number of anilines is 2. The van der Waals surface area contributed by atoms with Gasteiger partial charge < -0.3 is 14.4 Å². The molecule has 0 aliphatic rings. The summed E-state index contributed by atoms with van der Waals surface area (Å²) in [6.45, 7) is -1.67. The lowest BCUT2D eigenvalue weighted by Crippen LogP contribution is -2.24. The van der Waals surface area contributed by atoms with Crippen LogP contribution in [0.5, 0.6) is 5.88 Å².